The van der Waals surface area contributed by atoms with Crippen molar-refractivity contribution < 1.29 is 14.6 Å². The van der Waals surface area contributed by atoms with E-state index in [0.717, 1.165) is 0 Å². The van der Waals surface area contributed by atoms with Crippen molar-refractivity contribution in [3.63, 3.8) is 0 Å². The van der Waals surface area contributed by atoms with Crippen LogP contribution >= 0.6 is 0 Å². The van der Waals surface area contributed by atoms with Gasteiger partial charge in [-0.3, -0.25) is 0 Å². The first-order valence-corrected chi connectivity index (χ1v) is 5.87. The van der Waals surface area contributed by atoms with E-state index in [9.17, 15) is 9.90 Å². The zero-order valence-electron chi connectivity index (χ0n) is 10.6. The molecule has 96 valence electrons. The number of phenolic OH excluding ortho intramolecular Hbond substituents is 1. The summed E-state index contributed by atoms with van der Waals surface area (Å²) in [6.45, 7) is 9.36. The Kier molecular flexibility index (Phi) is 5.18. The molecule has 1 aromatic rings. The van der Waals surface area contributed by atoms with Gasteiger partial charge in [0, 0.05) is 0 Å². The standard InChI is InChI=1S/C15H18O3/c1-4-7-11-9-13(15(17)18-6-3)10-12(8-5-2)14(11)16/h4-5,9-10,16H,1-2,6-8H2,3H3. The summed E-state index contributed by atoms with van der Waals surface area (Å²) in [7, 11) is 0. The summed E-state index contributed by atoms with van der Waals surface area (Å²) in [6, 6.07) is 3.28. The Morgan fingerprint density at radius 1 is 1.28 bits per heavy atom. The smallest absolute Gasteiger partial charge is 0.338 e. The maximum atomic E-state index is 11.7. The number of carbonyl (C=O) groups is 1. The first kappa shape index (κ1) is 14.0. The van der Waals surface area contributed by atoms with Gasteiger partial charge in [0.2, 0.25) is 0 Å². The van der Waals surface area contributed by atoms with Crippen molar-refractivity contribution in [1.29, 1.82) is 0 Å². The minimum Gasteiger partial charge on any atom is -0.507 e. The van der Waals surface area contributed by atoms with E-state index in [1.807, 2.05) is 0 Å². The van der Waals surface area contributed by atoms with E-state index in [1.54, 1.807) is 31.2 Å². The molecule has 0 aliphatic carbocycles. The molecule has 0 aliphatic heterocycles. The molecule has 0 spiro atoms. The molecule has 0 saturated carbocycles. The molecule has 1 aromatic carbocycles. The van der Waals surface area contributed by atoms with E-state index in [4.69, 9.17) is 4.74 Å². The van der Waals surface area contributed by atoms with Crippen LogP contribution in [-0.4, -0.2) is 17.7 Å². The third-order valence-corrected chi connectivity index (χ3v) is 2.51. The molecular formula is C15H18O3. The molecule has 1 rings (SSSR count). The third kappa shape index (κ3) is 3.23. The topological polar surface area (TPSA) is 46.5 Å². The van der Waals surface area contributed by atoms with Gasteiger partial charge in [0.15, 0.2) is 0 Å². The normalized spacial score (nSPS) is 9.83. The van der Waals surface area contributed by atoms with Crippen LogP contribution in [0.4, 0.5) is 0 Å². The van der Waals surface area contributed by atoms with E-state index in [1.165, 1.54) is 0 Å². The van der Waals surface area contributed by atoms with Crippen LogP contribution in [0.1, 0.15) is 28.4 Å². The summed E-state index contributed by atoms with van der Waals surface area (Å²) in [4.78, 5) is 11.7. The number of phenols is 1. The molecule has 1 N–H and O–H groups in total. The fourth-order valence-electron chi connectivity index (χ4n) is 1.71. The zero-order chi connectivity index (χ0) is 13.5. The largest absolute Gasteiger partial charge is 0.507 e. The molecule has 0 radical (unpaired) electrons. The summed E-state index contributed by atoms with van der Waals surface area (Å²) in [5, 5.41) is 10.0. The van der Waals surface area contributed by atoms with Crippen LogP contribution in [0.5, 0.6) is 5.75 Å². The molecule has 0 fully saturated rings. The van der Waals surface area contributed by atoms with Gasteiger partial charge >= 0.3 is 5.97 Å². The number of esters is 1. The van der Waals surface area contributed by atoms with Crippen molar-refractivity contribution in [1.82, 2.24) is 0 Å². The number of hydrogen-bond donors (Lipinski definition) is 1. The van der Waals surface area contributed by atoms with Crippen molar-refractivity contribution in [3.8, 4) is 5.75 Å². The molecule has 0 bridgehead atoms. The number of carbonyl (C=O) groups excluding carboxylic acids is 1. The predicted molar refractivity (Wildman–Crippen MR) is 71.9 cm³/mol. The van der Waals surface area contributed by atoms with E-state index in [0.29, 0.717) is 36.1 Å². The number of benzene rings is 1. The number of aromatic hydroxyl groups is 1. The van der Waals surface area contributed by atoms with Crippen molar-refractivity contribution in [2.24, 2.45) is 0 Å². The summed E-state index contributed by atoms with van der Waals surface area (Å²) in [5.74, 6) is -0.184. The van der Waals surface area contributed by atoms with Gasteiger partial charge in [-0.1, -0.05) is 12.2 Å². The van der Waals surface area contributed by atoms with Gasteiger partial charge in [-0.15, -0.1) is 13.2 Å². The number of allylic oxidation sites excluding steroid dienone is 2. The highest BCUT2D eigenvalue weighted by molar-refractivity contribution is 5.90. The summed E-state index contributed by atoms with van der Waals surface area (Å²) in [5.41, 5.74) is 1.79. The van der Waals surface area contributed by atoms with Crippen molar-refractivity contribution in [3.05, 3.63) is 54.1 Å². The van der Waals surface area contributed by atoms with Crippen LogP contribution in [0.3, 0.4) is 0 Å². The zero-order valence-corrected chi connectivity index (χ0v) is 10.6. The highest BCUT2D eigenvalue weighted by atomic mass is 16.5. The highest BCUT2D eigenvalue weighted by Gasteiger charge is 2.13. The molecular weight excluding hydrogens is 228 g/mol. The Hall–Kier alpha value is -2.03. The maximum absolute atomic E-state index is 11.7. The number of hydrogen-bond acceptors (Lipinski definition) is 3. The van der Waals surface area contributed by atoms with Gasteiger partial charge in [0.1, 0.15) is 5.75 Å². The molecule has 0 aliphatic rings. The van der Waals surface area contributed by atoms with E-state index >= 15 is 0 Å². The Morgan fingerprint density at radius 2 is 1.78 bits per heavy atom. The molecule has 0 atom stereocenters. The summed E-state index contributed by atoms with van der Waals surface area (Å²) >= 11 is 0. The fraction of sp³-hybridized carbons (Fsp3) is 0.267. The maximum Gasteiger partial charge on any atom is 0.338 e. The minimum absolute atomic E-state index is 0.197. The van der Waals surface area contributed by atoms with Crippen molar-refractivity contribution in [2.45, 2.75) is 19.8 Å². The summed E-state index contributed by atoms with van der Waals surface area (Å²) in [6.07, 6.45) is 4.37. The number of ether oxygens (including phenoxy) is 1. The van der Waals surface area contributed by atoms with Gasteiger partial charge in [-0.25, -0.2) is 4.79 Å². The second kappa shape index (κ2) is 6.64. The average Bonchev–Trinajstić information content (AvgIpc) is 2.34. The van der Waals surface area contributed by atoms with Gasteiger partial charge < -0.3 is 9.84 Å². The Labute approximate surface area is 107 Å². The van der Waals surface area contributed by atoms with Crippen LogP contribution in [0.25, 0.3) is 0 Å². The van der Waals surface area contributed by atoms with Gasteiger partial charge in [-0.2, -0.15) is 0 Å². The van der Waals surface area contributed by atoms with Crippen LogP contribution in [0.2, 0.25) is 0 Å². The molecule has 0 amide bonds. The molecule has 0 heterocycles. The second-order valence-electron chi connectivity index (χ2n) is 3.85. The van der Waals surface area contributed by atoms with E-state index < -0.39 is 0 Å². The van der Waals surface area contributed by atoms with Crippen LogP contribution in [0, 0.1) is 0 Å². The lowest BCUT2D eigenvalue weighted by molar-refractivity contribution is 0.0526. The van der Waals surface area contributed by atoms with Gasteiger partial charge in [0.05, 0.1) is 12.2 Å². The molecule has 0 unspecified atom stereocenters. The Morgan fingerprint density at radius 3 is 2.17 bits per heavy atom. The first-order chi connectivity index (χ1) is 8.63. The quantitative estimate of drug-likeness (QED) is 0.620. The number of rotatable bonds is 6. The fourth-order valence-corrected chi connectivity index (χ4v) is 1.71. The predicted octanol–water partition coefficient (Wildman–Crippen LogP) is 3.03. The molecule has 3 nitrogen and oxygen atoms in total. The second-order valence-corrected chi connectivity index (χ2v) is 3.85. The SMILES string of the molecule is C=CCc1cc(C(=O)OCC)cc(CC=C)c1O. The Balaban J connectivity index is 3.22. The van der Waals surface area contributed by atoms with Crippen LogP contribution in [0.15, 0.2) is 37.4 Å². The molecule has 0 saturated heterocycles. The first-order valence-electron chi connectivity index (χ1n) is 5.87. The van der Waals surface area contributed by atoms with Gasteiger partial charge in [-0.05, 0) is 43.0 Å². The minimum atomic E-state index is -0.381. The van der Waals surface area contributed by atoms with Crippen LogP contribution in [-0.2, 0) is 17.6 Å². The van der Waals surface area contributed by atoms with E-state index in [-0.39, 0.29) is 11.7 Å². The molecule has 0 aromatic heterocycles. The third-order valence-electron chi connectivity index (χ3n) is 2.51. The van der Waals surface area contributed by atoms with Crippen molar-refractivity contribution >= 4 is 5.97 Å². The summed E-state index contributed by atoms with van der Waals surface area (Å²) < 4.78 is 4.96. The van der Waals surface area contributed by atoms with Gasteiger partial charge in [0.25, 0.3) is 0 Å². The van der Waals surface area contributed by atoms with Crippen molar-refractivity contribution in [2.75, 3.05) is 6.61 Å². The lowest BCUT2D eigenvalue weighted by atomic mass is 9.99. The average molecular weight is 246 g/mol. The lowest BCUT2D eigenvalue weighted by Gasteiger charge is -2.10. The molecule has 3 heteroatoms. The van der Waals surface area contributed by atoms with E-state index in [2.05, 4.69) is 13.2 Å². The monoisotopic (exact) mass is 246 g/mol. The highest BCUT2D eigenvalue weighted by Crippen LogP contribution is 2.26. The molecule has 18 heavy (non-hydrogen) atoms. The van der Waals surface area contributed by atoms with Crippen LogP contribution < -0.4 is 0 Å². The Bertz CT molecular complexity index is 430. The lowest BCUT2D eigenvalue weighted by Crippen LogP contribution is -2.06.